The first-order valence-corrected chi connectivity index (χ1v) is 14.8. The first-order valence-electron chi connectivity index (χ1n) is 13.7. The monoisotopic (exact) mass is 591 g/mol. The van der Waals surface area contributed by atoms with E-state index in [0.717, 1.165) is 44.8 Å². The molecular formula is C30H36Cl3N3O3. The highest BCUT2D eigenvalue weighted by molar-refractivity contribution is 6.42. The van der Waals surface area contributed by atoms with Crippen molar-refractivity contribution in [3.8, 4) is 0 Å². The van der Waals surface area contributed by atoms with Gasteiger partial charge in [0.05, 0.1) is 29.3 Å². The second kappa shape index (κ2) is 11.3. The van der Waals surface area contributed by atoms with Gasteiger partial charge in [-0.15, -0.1) is 0 Å². The number of hydrogen-bond acceptors (Lipinski definition) is 5. The third-order valence-corrected chi connectivity index (χ3v) is 9.36. The van der Waals surface area contributed by atoms with Crippen molar-refractivity contribution in [3.63, 3.8) is 0 Å². The number of ketones is 1. The Labute approximate surface area is 245 Å². The van der Waals surface area contributed by atoms with Gasteiger partial charge in [-0.1, -0.05) is 73.8 Å². The van der Waals surface area contributed by atoms with E-state index in [9.17, 15) is 9.59 Å². The van der Waals surface area contributed by atoms with Gasteiger partial charge in [0.15, 0.2) is 0 Å². The van der Waals surface area contributed by atoms with Crippen molar-refractivity contribution in [1.82, 2.24) is 10.2 Å². The number of anilines is 1. The molecule has 2 fully saturated rings. The fourth-order valence-electron chi connectivity index (χ4n) is 6.66. The molecule has 0 radical (unpaired) electrons. The maximum absolute atomic E-state index is 14.2. The number of halogens is 3. The molecule has 9 heteroatoms. The Kier molecular flexibility index (Phi) is 8.36. The summed E-state index contributed by atoms with van der Waals surface area (Å²) >= 11 is 19.7. The lowest BCUT2D eigenvalue weighted by molar-refractivity contribution is -0.122. The third kappa shape index (κ3) is 5.49. The van der Waals surface area contributed by atoms with Crippen molar-refractivity contribution in [2.45, 2.75) is 63.5 Å². The zero-order valence-corrected chi connectivity index (χ0v) is 24.9. The summed E-state index contributed by atoms with van der Waals surface area (Å²) in [5.74, 6) is -0.615. The van der Waals surface area contributed by atoms with Crippen LogP contribution in [0.2, 0.25) is 15.1 Å². The van der Waals surface area contributed by atoms with Crippen LogP contribution in [0, 0.1) is 5.41 Å². The number of rotatable bonds is 7. The van der Waals surface area contributed by atoms with E-state index in [1.807, 2.05) is 24.3 Å². The molecule has 2 aromatic rings. The van der Waals surface area contributed by atoms with Crippen LogP contribution in [0.15, 0.2) is 36.4 Å². The Bertz CT molecular complexity index is 1260. The molecule has 0 bridgehead atoms. The van der Waals surface area contributed by atoms with Gasteiger partial charge in [-0.05, 0) is 54.1 Å². The Balaban J connectivity index is 1.59. The summed E-state index contributed by atoms with van der Waals surface area (Å²) in [6, 6.07) is 10.1. The van der Waals surface area contributed by atoms with Crippen LogP contribution in [0.25, 0.3) is 0 Å². The minimum atomic E-state index is -1.06. The minimum Gasteiger partial charge on any atom is -0.379 e. The molecule has 0 saturated carbocycles. The quantitative estimate of drug-likeness (QED) is 0.408. The van der Waals surface area contributed by atoms with Crippen LogP contribution >= 0.6 is 34.8 Å². The number of fused-ring (bicyclic) bond motifs is 2. The number of benzene rings is 2. The molecule has 3 heterocycles. The predicted octanol–water partition coefficient (Wildman–Crippen LogP) is 6.08. The van der Waals surface area contributed by atoms with Crippen LogP contribution in [0.3, 0.4) is 0 Å². The van der Waals surface area contributed by atoms with E-state index in [2.05, 4.69) is 36.3 Å². The van der Waals surface area contributed by atoms with Crippen molar-refractivity contribution in [2.24, 2.45) is 5.41 Å². The number of amides is 1. The first kappa shape index (κ1) is 28.8. The standard InChI is InChI=1S/C30H36Cl3N3O3/c1-29(2,3)17-24-30(20-10-9-18(31)16-22(20)34-28(30)38)25(19-6-4-7-21(32)26(19)33)27(35-24)23(37)8-5-11-36-12-14-39-15-13-36/h4,6-7,9-10,16,24-25,27,35H,5,8,11-15,17H2,1-3H3,(H,34,38)/t24-,25+,27+,30+/m1/s1. The molecule has 0 aliphatic carbocycles. The summed E-state index contributed by atoms with van der Waals surface area (Å²) in [5, 5.41) is 8.09. The highest BCUT2D eigenvalue weighted by atomic mass is 35.5. The van der Waals surface area contributed by atoms with Crippen LogP contribution in [-0.4, -0.2) is 61.5 Å². The van der Waals surface area contributed by atoms with Gasteiger partial charge in [-0.25, -0.2) is 0 Å². The predicted molar refractivity (Wildman–Crippen MR) is 157 cm³/mol. The van der Waals surface area contributed by atoms with Gasteiger partial charge < -0.3 is 15.4 Å². The highest BCUT2D eigenvalue weighted by Gasteiger charge is 2.65. The molecule has 4 atom stereocenters. The molecule has 3 aliphatic rings. The van der Waals surface area contributed by atoms with Gasteiger partial charge in [0.1, 0.15) is 11.2 Å². The molecule has 0 aromatic heterocycles. The summed E-state index contributed by atoms with van der Waals surface area (Å²) in [6.07, 6.45) is 1.81. The van der Waals surface area contributed by atoms with Crippen LogP contribution in [-0.2, 0) is 19.7 Å². The van der Waals surface area contributed by atoms with Gasteiger partial charge in [0.25, 0.3) is 0 Å². The number of Topliss-reactive ketones (excluding diaryl/α,β-unsaturated/α-hetero) is 1. The van der Waals surface area contributed by atoms with Crippen LogP contribution in [0.4, 0.5) is 5.69 Å². The Morgan fingerprint density at radius 1 is 1.13 bits per heavy atom. The normalized spacial score (nSPS) is 27.1. The van der Waals surface area contributed by atoms with Crippen LogP contribution in [0.5, 0.6) is 0 Å². The largest absolute Gasteiger partial charge is 0.379 e. The molecular weight excluding hydrogens is 557 g/mol. The molecule has 6 nitrogen and oxygen atoms in total. The maximum atomic E-state index is 14.2. The van der Waals surface area contributed by atoms with Crippen LogP contribution < -0.4 is 10.6 Å². The van der Waals surface area contributed by atoms with Gasteiger partial charge in [-0.3, -0.25) is 14.5 Å². The Hall–Kier alpha value is -1.67. The van der Waals surface area contributed by atoms with E-state index in [4.69, 9.17) is 39.5 Å². The van der Waals surface area contributed by atoms with E-state index in [1.54, 1.807) is 12.1 Å². The van der Waals surface area contributed by atoms with Crippen molar-refractivity contribution in [1.29, 1.82) is 0 Å². The molecule has 39 heavy (non-hydrogen) atoms. The fourth-order valence-corrected chi connectivity index (χ4v) is 7.26. The summed E-state index contributed by atoms with van der Waals surface area (Å²) in [4.78, 5) is 30.6. The highest BCUT2D eigenvalue weighted by Crippen LogP contribution is 2.58. The van der Waals surface area contributed by atoms with Gasteiger partial charge in [0, 0.05) is 42.2 Å². The molecule has 0 unspecified atom stereocenters. The zero-order chi connectivity index (χ0) is 27.9. The number of carbonyl (C=O) groups excluding carboxylic acids is 2. The number of nitrogens with one attached hydrogen (secondary N) is 2. The molecule has 2 saturated heterocycles. The lowest BCUT2D eigenvalue weighted by Gasteiger charge is -2.38. The second-order valence-electron chi connectivity index (χ2n) is 12.1. The molecule has 3 aliphatic heterocycles. The third-order valence-electron chi connectivity index (χ3n) is 8.29. The molecule has 210 valence electrons. The lowest BCUT2D eigenvalue weighted by atomic mass is 9.62. The summed E-state index contributed by atoms with van der Waals surface area (Å²) in [5.41, 5.74) is 1.04. The number of hydrogen-bond donors (Lipinski definition) is 2. The molecule has 2 N–H and O–H groups in total. The van der Waals surface area contributed by atoms with Crippen molar-refractivity contribution in [2.75, 3.05) is 38.2 Å². The Morgan fingerprint density at radius 2 is 1.87 bits per heavy atom. The van der Waals surface area contributed by atoms with E-state index in [1.165, 1.54) is 0 Å². The van der Waals surface area contributed by atoms with Gasteiger partial charge in [0.2, 0.25) is 5.91 Å². The average molecular weight is 593 g/mol. The molecule has 1 amide bonds. The van der Waals surface area contributed by atoms with E-state index < -0.39 is 17.4 Å². The zero-order valence-electron chi connectivity index (χ0n) is 22.7. The number of morpholine rings is 1. The van der Waals surface area contributed by atoms with Gasteiger partial charge >= 0.3 is 0 Å². The fraction of sp³-hybridized carbons (Fsp3) is 0.533. The van der Waals surface area contributed by atoms with Crippen molar-refractivity contribution in [3.05, 3.63) is 62.6 Å². The van der Waals surface area contributed by atoms with E-state index >= 15 is 0 Å². The molecule has 5 rings (SSSR count). The molecule has 2 aromatic carbocycles. The topological polar surface area (TPSA) is 70.7 Å². The SMILES string of the molecule is CC(C)(C)C[C@H]1N[C@@H](C(=O)CCCN2CCOCC2)[C@H](c2cccc(Cl)c2Cl)[C@@]12C(=O)Nc1cc(Cl)ccc12. The van der Waals surface area contributed by atoms with Crippen molar-refractivity contribution < 1.29 is 14.3 Å². The lowest BCUT2D eigenvalue weighted by Crippen LogP contribution is -2.49. The summed E-state index contributed by atoms with van der Waals surface area (Å²) in [7, 11) is 0. The van der Waals surface area contributed by atoms with Gasteiger partial charge in [-0.2, -0.15) is 0 Å². The minimum absolute atomic E-state index is 0.0790. The summed E-state index contributed by atoms with van der Waals surface area (Å²) < 4.78 is 5.46. The number of nitrogens with zero attached hydrogens (tertiary/aromatic N) is 1. The second-order valence-corrected chi connectivity index (χ2v) is 13.3. The van der Waals surface area contributed by atoms with Crippen molar-refractivity contribution >= 4 is 52.2 Å². The number of ether oxygens (including phenoxy) is 1. The number of carbonyl (C=O) groups is 2. The Morgan fingerprint density at radius 3 is 2.59 bits per heavy atom. The summed E-state index contributed by atoms with van der Waals surface area (Å²) in [6.45, 7) is 10.5. The maximum Gasteiger partial charge on any atom is 0.237 e. The van der Waals surface area contributed by atoms with E-state index in [-0.39, 0.29) is 23.1 Å². The molecule has 1 spiro atoms. The van der Waals surface area contributed by atoms with Crippen LogP contribution in [0.1, 0.15) is 57.1 Å². The first-order chi connectivity index (χ1) is 18.5. The average Bonchev–Trinajstić information content (AvgIpc) is 3.35. The van der Waals surface area contributed by atoms with E-state index in [0.29, 0.717) is 39.2 Å². The smallest absolute Gasteiger partial charge is 0.237 e.